The molecule has 1 aliphatic carbocycles. The molecule has 0 spiro atoms. The molecule has 5 rings (SSSR count). The lowest BCUT2D eigenvalue weighted by Crippen LogP contribution is -2.38. The van der Waals surface area contributed by atoms with Crippen molar-refractivity contribution in [1.29, 1.82) is 0 Å². The highest BCUT2D eigenvalue weighted by Gasteiger charge is 2.37. The molecule has 25 heavy (non-hydrogen) atoms. The van der Waals surface area contributed by atoms with Crippen molar-refractivity contribution in [2.24, 2.45) is 5.73 Å². The van der Waals surface area contributed by atoms with Gasteiger partial charge in [-0.25, -0.2) is 4.98 Å². The van der Waals surface area contributed by atoms with Crippen LogP contribution in [0.4, 0.5) is 0 Å². The third-order valence-electron chi connectivity index (χ3n) is 5.10. The number of imidazole rings is 1. The second-order valence-electron chi connectivity index (χ2n) is 6.83. The first-order valence-corrected chi connectivity index (χ1v) is 8.48. The number of nitrogens with one attached hydrogen (secondary N) is 1. The summed E-state index contributed by atoms with van der Waals surface area (Å²) in [6, 6.07) is 18.8. The molecule has 4 heteroatoms. The highest BCUT2D eigenvalue weighted by molar-refractivity contribution is 5.82. The molecule has 0 radical (unpaired) electrons. The van der Waals surface area contributed by atoms with Gasteiger partial charge in [0, 0.05) is 12.4 Å². The minimum atomic E-state index is -0.459. The largest absolute Gasteiger partial charge is 0.340 e. The average Bonchev–Trinajstić information content (AvgIpc) is 3.23. The van der Waals surface area contributed by atoms with Crippen LogP contribution in [0.5, 0.6) is 0 Å². The summed E-state index contributed by atoms with van der Waals surface area (Å²) in [5.74, 6) is 0.866. The Kier molecular flexibility index (Phi) is 3.02. The molecule has 0 fully saturated rings. The van der Waals surface area contributed by atoms with Gasteiger partial charge in [0.2, 0.25) is 0 Å². The van der Waals surface area contributed by atoms with Crippen LogP contribution in [0.3, 0.4) is 0 Å². The molecule has 1 aliphatic rings. The van der Waals surface area contributed by atoms with Gasteiger partial charge in [-0.1, -0.05) is 30.3 Å². The molecule has 3 N–H and O–H groups in total. The van der Waals surface area contributed by atoms with Gasteiger partial charge in [-0.2, -0.15) is 0 Å². The fraction of sp³-hybridized carbons (Fsp3) is 0.143. The van der Waals surface area contributed by atoms with Crippen LogP contribution >= 0.6 is 0 Å². The molecule has 2 aromatic heterocycles. The molecule has 0 bridgehead atoms. The van der Waals surface area contributed by atoms with Crippen LogP contribution < -0.4 is 5.73 Å². The lowest BCUT2D eigenvalue weighted by molar-refractivity contribution is 0.447. The van der Waals surface area contributed by atoms with Gasteiger partial charge in [-0.3, -0.25) is 4.98 Å². The molecular weight excluding hydrogens is 308 g/mol. The zero-order chi connectivity index (χ0) is 16.9. The predicted molar refractivity (Wildman–Crippen MR) is 99.0 cm³/mol. The average molecular weight is 326 g/mol. The highest BCUT2D eigenvalue weighted by atomic mass is 15.0. The molecule has 0 atom stereocenters. The summed E-state index contributed by atoms with van der Waals surface area (Å²) < 4.78 is 0. The number of aromatic nitrogens is 3. The lowest BCUT2D eigenvalue weighted by Gasteiger charge is -2.20. The van der Waals surface area contributed by atoms with Gasteiger partial charge in [0.15, 0.2) is 0 Å². The van der Waals surface area contributed by atoms with Gasteiger partial charge >= 0.3 is 0 Å². The Bertz CT molecular complexity index is 1040. The summed E-state index contributed by atoms with van der Waals surface area (Å²) in [4.78, 5) is 12.3. The Morgan fingerprint density at radius 2 is 1.60 bits per heavy atom. The van der Waals surface area contributed by atoms with Gasteiger partial charge in [-0.05, 0) is 59.4 Å². The number of rotatable bonds is 2. The van der Waals surface area contributed by atoms with Crippen molar-refractivity contribution in [3.63, 3.8) is 0 Å². The summed E-state index contributed by atoms with van der Waals surface area (Å²) in [5, 5.41) is 0. The Hall–Kier alpha value is -2.98. The van der Waals surface area contributed by atoms with E-state index in [1.54, 1.807) is 0 Å². The molecule has 122 valence electrons. The van der Waals surface area contributed by atoms with Crippen LogP contribution in [0.15, 0.2) is 67.0 Å². The number of aromatic amines is 1. The number of hydrogen-bond donors (Lipinski definition) is 2. The Morgan fingerprint density at radius 1 is 0.880 bits per heavy atom. The summed E-state index contributed by atoms with van der Waals surface area (Å²) >= 11 is 0. The second-order valence-corrected chi connectivity index (χ2v) is 6.83. The predicted octanol–water partition coefficient (Wildman–Crippen LogP) is 3.58. The van der Waals surface area contributed by atoms with Gasteiger partial charge in [0.05, 0.1) is 16.6 Å². The Labute approximate surface area is 145 Å². The summed E-state index contributed by atoms with van der Waals surface area (Å²) in [6.45, 7) is 0. The zero-order valence-electron chi connectivity index (χ0n) is 13.7. The van der Waals surface area contributed by atoms with Crippen molar-refractivity contribution in [3.05, 3.63) is 83.9 Å². The molecule has 4 aromatic rings. The second kappa shape index (κ2) is 5.26. The van der Waals surface area contributed by atoms with Crippen molar-refractivity contribution in [2.75, 3.05) is 0 Å². The normalized spacial score (nSPS) is 15.4. The minimum Gasteiger partial charge on any atom is -0.340 e. The van der Waals surface area contributed by atoms with E-state index < -0.39 is 5.54 Å². The van der Waals surface area contributed by atoms with Crippen LogP contribution in [-0.4, -0.2) is 15.0 Å². The maximum absolute atomic E-state index is 6.74. The van der Waals surface area contributed by atoms with Gasteiger partial charge in [0.1, 0.15) is 5.82 Å². The molecule has 2 heterocycles. The van der Waals surface area contributed by atoms with E-state index >= 15 is 0 Å². The van der Waals surface area contributed by atoms with Gasteiger partial charge < -0.3 is 10.7 Å². The summed E-state index contributed by atoms with van der Waals surface area (Å²) in [6.07, 6.45) is 5.26. The first-order chi connectivity index (χ1) is 12.2. The SMILES string of the molecule is NC1(c2nc3ccc(-c4ccncc4)cc3[nH]2)Cc2ccccc2C1. The molecule has 0 unspecified atom stereocenters. The monoisotopic (exact) mass is 326 g/mol. The fourth-order valence-electron chi connectivity index (χ4n) is 3.78. The summed E-state index contributed by atoms with van der Waals surface area (Å²) in [5.41, 5.74) is 13.2. The van der Waals surface area contributed by atoms with E-state index in [0.29, 0.717) is 0 Å². The number of benzene rings is 2. The standard InChI is InChI=1S/C21H18N4/c22-21(12-16-3-1-2-4-17(16)13-21)20-24-18-6-5-15(11-19(18)25-20)14-7-9-23-10-8-14/h1-11H,12-13,22H2,(H,24,25). The number of H-pyrrole nitrogens is 1. The Morgan fingerprint density at radius 3 is 2.32 bits per heavy atom. The van der Waals surface area contributed by atoms with Gasteiger partial charge in [-0.15, -0.1) is 0 Å². The number of pyridine rings is 1. The van der Waals surface area contributed by atoms with E-state index in [-0.39, 0.29) is 0 Å². The van der Waals surface area contributed by atoms with Crippen molar-refractivity contribution in [2.45, 2.75) is 18.4 Å². The topological polar surface area (TPSA) is 67.6 Å². The van der Waals surface area contributed by atoms with E-state index in [1.807, 2.05) is 24.5 Å². The minimum absolute atomic E-state index is 0.459. The molecule has 0 aliphatic heterocycles. The zero-order valence-corrected chi connectivity index (χ0v) is 13.7. The van der Waals surface area contributed by atoms with Gasteiger partial charge in [0.25, 0.3) is 0 Å². The fourth-order valence-corrected chi connectivity index (χ4v) is 3.78. The number of hydrogen-bond acceptors (Lipinski definition) is 3. The van der Waals surface area contributed by atoms with Crippen molar-refractivity contribution in [1.82, 2.24) is 15.0 Å². The Balaban J connectivity index is 1.55. The highest BCUT2D eigenvalue weighted by Crippen LogP contribution is 2.35. The summed E-state index contributed by atoms with van der Waals surface area (Å²) in [7, 11) is 0. The van der Waals surface area contributed by atoms with E-state index in [2.05, 4.69) is 52.4 Å². The third kappa shape index (κ3) is 2.34. The molecule has 2 aromatic carbocycles. The first kappa shape index (κ1) is 14.4. The quantitative estimate of drug-likeness (QED) is 0.592. The lowest BCUT2D eigenvalue weighted by atomic mass is 9.96. The van der Waals surface area contributed by atoms with Crippen LogP contribution in [0.25, 0.3) is 22.2 Å². The van der Waals surface area contributed by atoms with Crippen LogP contribution in [-0.2, 0) is 18.4 Å². The first-order valence-electron chi connectivity index (χ1n) is 8.48. The smallest absolute Gasteiger partial charge is 0.128 e. The van der Waals surface area contributed by atoms with Crippen LogP contribution in [0, 0.1) is 0 Å². The van der Waals surface area contributed by atoms with Crippen molar-refractivity contribution < 1.29 is 0 Å². The number of fused-ring (bicyclic) bond motifs is 2. The van der Waals surface area contributed by atoms with E-state index in [1.165, 1.54) is 11.1 Å². The molecule has 0 amide bonds. The number of nitrogens with zero attached hydrogens (tertiary/aromatic N) is 2. The molecule has 0 saturated carbocycles. The van der Waals surface area contributed by atoms with E-state index in [9.17, 15) is 0 Å². The van der Waals surface area contributed by atoms with Crippen LogP contribution in [0.1, 0.15) is 17.0 Å². The van der Waals surface area contributed by atoms with Crippen molar-refractivity contribution in [3.8, 4) is 11.1 Å². The molecule has 4 nitrogen and oxygen atoms in total. The molecule has 0 saturated heterocycles. The van der Waals surface area contributed by atoms with E-state index in [0.717, 1.165) is 40.8 Å². The number of nitrogens with two attached hydrogens (primary N) is 1. The van der Waals surface area contributed by atoms with Crippen molar-refractivity contribution >= 4 is 11.0 Å². The third-order valence-corrected chi connectivity index (χ3v) is 5.10. The van der Waals surface area contributed by atoms with E-state index in [4.69, 9.17) is 10.7 Å². The maximum Gasteiger partial charge on any atom is 0.128 e. The van der Waals surface area contributed by atoms with Crippen LogP contribution in [0.2, 0.25) is 0 Å². The maximum atomic E-state index is 6.74. The molecular formula is C21H18N4.